The third-order valence-electron chi connectivity index (χ3n) is 5.35. The van der Waals surface area contributed by atoms with Crippen molar-refractivity contribution in [2.45, 2.75) is 25.8 Å². The second-order valence-electron chi connectivity index (χ2n) is 7.79. The van der Waals surface area contributed by atoms with Crippen molar-refractivity contribution in [1.82, 2.24) is 10.3 Å². The predicted octanol–water partition coefficient (Wildman–Crippen LogP) is 4.62. The van der Waals surface area contributed by atoms with Gasteiger partial charge in [-0.15, -0.1) is 0 Å². The van der Waals surface area contributed by atoms with Crippen LogP contribution in [0.5, 0.6) is 11.5 Å². The molecule has 8 nitrogen and oxygen atoms in total. The largest absolute Gasteiger partial charge is 0.456 e. The fraction of sp³-hybridized carbons (Fsp3) is 0.240. The number of urea groups is 1. The minimum Gasteiger partial charge on any atom is -0.456 e. The fourth-order valence-corrected chi connectivity index (χ4v) is 3.64. The summed E-state index contributed by atoms with van der Waals surface area (Å²) in [5, 5.41) is 8.70. The Morgan fingerprint density at radius 3 is 2.33 bits per heavy atom. The third kappa shape index (κ3) is 6.22. The van der Waals surface area contributed by atoms with Gasteiger partial charge in [0.25, 0.3) is 0 Å². The van der Waals surface area contributed by atoms with Crippen molar-refractivity contribution in [2.24, 2.45) is 0 Å². The number of aromatic nitrogens is 1. The average Bonchev–Trinajstić information content (AvgIpc) is 3.30. The van der Waals surface area contributed by atoms with Crippen LogP contribution in [-0.2, 0) is 4.79 Å². The number of amides is 3. The van der Waals surface area contributed by atoms with Crippen LogP contribution in [0.1, 0.15) is 19.8 Å². The van der Waals surface area contributed by atoms with Gasteiger partial charge in [-0.05, 0) is 67.1 Å². The maximum absolute atomic E-state index is 12.4. The zero-order valence-electron chi connectivity index (χ0n) is 18.5. The third-order valence-corrected chi connectivity index (χ3v) is 5.35. The van der Waals surface area contributed by atoms with Crippen LogP contribution < -0.4 is 25.6 Å². The molecular formula is C25H27N5O3. The molecule has 0 aliphatic carbocycles. The van der Waals surface area contributed by atoms with E-state index in [2.05, 4.69) is 25.8 Å². The van der Waals surface area contributed by atoms with Crippen molar-refractivity contribution in [3.63, 3.8) is 0 Å². The molecule has 1 aliphatic heterocycles. The number of pyridine rings is 1. The normalized spacial score (nSPS) is 15.1. The van der Waals surface area contributed by atoms with Crippen molar-refractivity contribution in [1.29, 1.82) is 0 Å². The molecule has 8 heteroatoms. The first-order chi connectivity index (χ1) is 16.1. The number of ether oxygens (including phenoxy) is 1. The van der Waals surface area contributed by atoms with Gasteiger partial charge in [-0.2, -0.15) is 0 Å². The minimum absolute atomic E-state index is 0.0862. The highest BCUT2D eigenvalue weighted by atomic mass is 16.5. The van der Waals surface area contributed by atoms with Crippen molar-refractivity contribution < 1.29 is 14.3 Å². The molecule has 0 spiro atoms. The summed E-state index contributed by atoms with van der Waals surface area (Å²) in [7, 11) is 0. The SMILES string of the molecule is CCC(=O)NC1CCN(c2ccc(NC(=O)Nc3ccc(Oc4cccnc4)cc3)cc2)C1. The topological polar surface area (TPSA) is 95.6 Å². The fourth-order valence-electron chi connectivity index (χ4n) is 3.64. The van der Waals surface area contributed by atoms with Gasteiger partial charge >= 0.3 is 6.03 Å². The Labute approximate surface area is 193 Å². The Kier molecular flexibility index (Phi) is 7.04. The van der Waals surface area contributed by atoms with Crippen molar-refractivity contribution >= 4 is 29.0 Å². The molecule has 1 fully saturated rings. The zero-order chi connectivity index (χ0) is 23.0. The molecule has 3 N–H and O–H groups in total. The molecule has 170 valence electrons. The molecule has 2 aromatic carbocycles. The lowest BCUT2D eigenvalue weighted by Crippen LogP contribution is -2.36. The summed E-state index contributed by atoms with van der Waals surface area (Å²) in [6, 6.07) is 18.3. The van der Waals surface area contributed by atoms with E-state index in [9.17, 15) is 9.59 Å². The number of anilines is 3. The van der Waals surface area contributed by atoms with Gasteiger partial charge in [0.15, 0.2) is 0 Å². The lowest BCUT2D eigenvalue weighted by atomic mass is 10.2. The highest BCUT2D eigenvalue weighted by Crippen LogP contribution is 2.24. The molecule has 3 aromatic rings. The molecule has 4 rings (SSSR count). The summed E-state index contributed by atoms with van der Waals surface area (Å²) < 4.78 is 5.70. The van der Waals surface area contributed by atoms with Gasteiger partial charge in [-0.3, -0.25) is 9.78 Å². The summed E-state index contributed by atoms with van der Waals surface area (Å²) in [5.41, 5.74) is 2.42. The first-order valence-corrected chi connectivity index (χ1v) is 11.0. The van der Waals surface area contributed by atoms with Crippen molar-refractivity contribution in [2.75, 3.05) is 28.6 Å². The van der Waals surface area contributed by atoms with Gasteiger partial charge in [0.1, 0.15) is 11.5 Å². The Bertz CT molecular complexity index is 1070. The van der Waals surface area contributed by atoms with E-state index >= 15 is 0 Å². The van der Waals surface area contributed by atoms with Crippen LogP contribution in [-0.4, -0.2) is 36.1 Å². The smallest absolute Gasteiger partial charge is 0.323 e. The Hall–Kier alpha value is -4.07. The summed E-state index contributed by atoms with van der Waals surface area (Å²) in [5.74, 6) is 1.39. The van der Waals surface area contributed by atoms with E-state index in [0.29, 0.717) is 29.3 Å². The Morgan fingerprint density at radius 1 is 1.00 bits per heavy atom. The Balaban J connectivity index is 1.26. The van der Waals surface area contributed by atoms with E-state index in [1.54, 1.807) is 42.7 Å². The van der Waals surface area contributed by atoms with Gasteiger partial charge < -0.3 is 25.6 Å². The van der Waals surface area contributed by atoms with Crippen LogP contribution in [0, 0.1) is 0 Å². The van der Waals surface area contributed by atoms with E-state index in [1.807, 2.05) is 37.3 Å². The standard InChI is InChI=1S/C25H27N5O3/c1-2-24(31)27-20-13-15-30(17-20)21-9-5-18(6-10-21)28-25(32)29-19-7-11-22(12-8-19)33-23-4-3-14-26-16-23/h3-12,14,16,20H,2,13,15,17H2,1H3,(H,27,31)(H2,28,29,32). The van der Waals surface area contributed by atoms with Crippen molar-refractivity contribution in [3.8, 4) is 11.5 Å². The molecule has 33 heavy (non-hydrogen) atoms. The number of hydrogen-bond donors (Lipinski definition) is 3. The summed E-state index contributed by atoms with van der Waals surface area (Å²) >= 11 is 0. The molecule has 2 heterocycles. The first kappa shape index (κ1) is 22.1. The molecule has 3 amide bonds. The molecule has 1 saturated heterocycles. The number of rotatable bonds is 7. The van der Waals surface area contributed by atoms with Gasteiger partial charge in [-0.25, -0.2) is 4.79 Å². The van der Waals surface area contributed by atoms with Gasteiger partial charge in [-0.1, -0.05) is 6.92 Å². The highest BCUT2D eigenvalue weighted by molar-refractivity contribution is 5.99. The van der Waals surface area contributed by atoms with E-state index in [1.165, 1.54) is 0 Å². The summed E-state index contributed by atoms with van der Waals surface area (Å²) in [4.78, 5) is 30.2. The average molecular weight is 446 g/mol. The molecule has 1 atom stereocenters. The quantitative estimate of drug-likeness (QED) is 0.493. The molecular weight excluding hydrogens is 418 g/mol. The van der Waals surface area contributed by atoms with Crippen LogP contribution in [0.15, 0.2) is 73.1 Å². The molecule has 1 aromatic heterocycles. The molecule has 0 saturated carbocycles. The lowest BCUT2D eigenvalue weighted by molar-refractivity contribution is -0.121. The number of carbonyl (C=O) groups excluding carboxylic acids is 2. The second kappa shape index (κ2) is 10.5. The highest BCUT2D eigenvalue weighted by Gasteiger charge is 2.23. The minimum atomic E-state index is -0.327. The number of hydrogen-bond acceptors (Lipinski definition) is 5. The Morgan fingerprint density at radius 2 is 1.70 bits per heavy atom. The van der Waals surface area contributed by atoms with Crippen LogP contribution >= 0.6 is 0 Å². The number of nitrogens with zero attached hydrogens (tertiary/aromatic N) is 2. The van der Waals surface area contributed by atoms with E-state index in [0.717, 1.165) is 25.2 Å². The predicted molar refractivity (Wildman–Crippen MR) is 129 cm³/mol. The van der Waals surface area contributed by atoms with Crippen molar-refractivity contribution in [3.05, 3.63) is 73.1 Å². The number of benzene rings is 2. The first-order valence-electron chi connectivity index (χ1n) is 11.0. The van der Waals surface area contributed by atoms with Gasteiger partial charge in [0.2, 0.25) is 5.91 Å². The van der Waals surface area contributed by atoms with Crippen LogP contribution in [0.3, 0.4) is 0 Å². The number of nitrogens with one attached hydrogen (secondary N) is 3. The molecule has 1 aliphatic rings. The van der Waals surface area contributed by atoms with Gasteiger partial charge in [0, 0.05) is 48.8 Å². The van der Waals surface area contributed by atoms with Crippen LogP contribution in [0.25, 0.3) is 0 Å². The second-order valence-corrected chi connectivity index (χ2v) is 7.79. The maximum Gasteiger partial charge on any atom is 0.323 e. The molecule has 0 bridgehead atoms. The zero-order valence-corrected chi connectivity index (χ0v) is 18.5. The van der Waals surface area contributed by atoms with Crippen LogP contribution in [0.2, 0.25) is 0 Å². The lowest BCUT2D eigenvalue weighted by Gasteiger charge is -2.19. The van der Waals surface area contributed by atoms with E-state index < -0.39 is 0 Å². The van der Waals surface area contributed by atoms with E-state index in [-0.39, 0.29) is 18.0 Å². The maximum atomic E-state index is 12.4. The van der Waals surface area contributed by atoms with Gasteiger partial charge in [0.05, 0.1) is 6.20 Å². The molecule has 1 unspecified atom stereocenters. The monoisotopic (exact) mass is 445 g/mol. The number of carbonyl (C=O) groups is 2. The van der Waals surface area contributed by atoms with Crippen LogP contribution in [0.4, 0.5) is 21.9 Å². The molecule has 0 radical (unpaired) electrons. The van der Waals surface area contributed by atoms with E-state index in [4.69, 9.17) is 4.74 Å². The summed E-state index contributed by atoms with van der Waals surface area (Å²) in [6.45, 7) is 3.54. The summed E-state index contributed by atoms with van der Waals surface area (Å²) in [6.07, 6.45) is 4.75.